The summed E-state index contributed by atoms with van der Waals surface area (Å²) < 4.78 is 47.9. The molecule has 0 radical (unpaired) electrons. The van der Waals surface area contributed by atoms with Crippen LogP contribution in [0.2, 0.25) is 0 Å². The van der Waals surface area contributed by atoms with Crippen molar-refractivity contribution >= 4 is 17.5 Å². The van der Waals surface area contributed by atoms with Crippen LogP contribution in [0, 0.1) is 5.41 Å². The Labute approximate surface area is 167 Å². The predicted octanol–water partition coefficient (Wildman–Crippen LogP) is 2.22. The number of Topliss-reactive ketones (excluding diaryl/α,β-unsaturated/α-hetero) is 1. The number of anilines is 2. The largest absolute Gasteiger partial charge is 0.408 e. The third-order valence-electron chi connectivity index (χ3n) is 5.42. The summed E-state index contributed by atoms with van der Waals surface area (Å²) in [5.74, 6) is -0.134. The van der Waals surface area contributed by atoms with Gasteiger partial charge in [-0.25, -0.2) is 0 Å². The van der Waals surface area contributed by atoms with Gasteiger partial charge in [0, 0.05) is 24.6 Å². The van der Waals surface area contributed by atoms with Crippen LogP contribution < -0.4 is 15.4 Å². The van der Waals surface area contributed by atoms with E-state index >= 15 is 0 Å². The maximum atomic E-state index is 13.8. The van der Waals surface area contributed by atoms with Crippen LogP contribution in [0.15, 0.2) is 10.9 Å². The van der Waals surface area contributed by atoms with Crippen molar-refractivity contribution in [3.05, 3.63) is 16.4 Å². The smallest absolute Gasteiger partial charge is 0.377 e. The van der Waals surface area contributed by atoms with E-state index in [0.29, 0.717) is 25.6 Å². The van der Waals surface area contributed by atoms with Gasteiger partial charge < -0.3 is 14.5 Å². The van der Waals surface area contributed by atoms with Crippen molar-refractivity contribution in [1.82, 2.24) is 9.55 Å². The molecule has 162 valence electrons. The molecular weight excluding hydrogens is 389 g/mol. The van der Waals surface area contributed by atoms with Crippen LogP contribution in [0.4, 0.5) is 24.9 Å². The van der Waals surface area contributed by atoms with Gasteiger partial charge in [-0.2, -0.15) is 18.2 Å². The van der Waals surface area contributed by atoms with E-state index in [9.17, 15) is 22.8 Å². The number of halogens is 3. The van der Waals surface area contributed by atoms with Gasteiger partial charge in [-0.1, -0.05) is 20.8 Å². The molecule has 1 aromatic rings. The molecule has 7 nitrogen and oxygen atoms in total. The lowest BCUT2D eigenvalue weighted by molar-refractivity contribution is -0.153. The summed E-state index contributed by atoms with van der Waals surface area (Å²) in [7, 11) is 0. The summed E-state index contributed by atoms with van der Waals surface area (Å²) in [6.07, 6.45) is -4.84. The van der Waals surface area contributed by atoms with E-state index in [0.717, 1.165) is 4.90 Å². The molecule has 2 aliphatic rings. The van der Waals surface area contributed by atoms with E-state index in [1.807, 2.05) is 11.8 Å². The van der Waals surface area contributed by atoms with E-state index in [-0.39, 0.29) is 30.7 Å². The number of carbonyl (C=O) groups excluding carboxylic acids is 1. The zero-order chi connectivity index (χ0) is 21.6. The molecule has 3 heterocycles. The fraction of sp³-hybridized carbons (Fsp3) is 0.737. The van der Waals surface area contributed by atoms with Gasteiger partial charge in [0.2, 0.25) is 5.95 Å². The van der Waals surface area contributed by atoms with Gasteiger partial charge in [-0.15, -0.1) is 0 Å². The fourth-order valence-corrected chi connectivity index (χ4v) is 3.59. The second-order valence-corrected chi connectivity index (χ2v) is 8.67. The van der Waals surface area contributed by atoms with Crippen molar-refractivity contribution < 1.29 is 22.7 Å². The highest BCUT2D eigenvalue weighted by atomic mass is 19.4. The summed E-state index contributed by atoms with van der Waals surface area (Å²) in [5, 5.41) is 0. The van der Waals surface area contributed by atoms with Gasteiger partial charge in [0.15, 0.2) is 5.78 Å². The summed E-state index contributed by atoms with van der Waals surface area (Å²) in [6.45, 7) is 7.71. The van der Waals surface area contributed by atoms with E-state index in [1.54, 1.807) is 20.8 Å². The Bertz CT molecular complexity index is 831. The molecule has 0 saturated carbocycles. The standard InChI is InChI=1S/C19H27F3N4O3/c1-12-11-29-8-7-24(12)15-9-16(28)25-6-5-13(19(20,21)22)26(17(25)23-15)10-14(27)18(2,3)4/h9,12-13H,5-8,10-11H2,1-4H3/t12-,13+/m1/s1. The molecule has 10 heteroatoms. The molecule has 0 spiro atoms. The summed E-state index contributed by atoms with van der Waals surface area (Å²) in [4.78, 5) is 32.5. The van der Waals surface area contributed by atoms with Crippen LogP contribution in [-0.4, -0.2) is 59.9 Å². The Morgan fingerprint density at radius 2 is 1.97 bits per heavy atom. The van der Waals surface area contributed by atoms with Crippen LogP contribution in [0.3, 0.4) is 0 Å². The zero-order valence-corrected chi connectivity index (χ0v) is 17.1. The summed E-state index contributed by atoms with van der Waals surface area (Å²) >= 11 is 0. The quantitative estimate of drug-likeness (QED) is 0.753. The number of nitrogens with zero attached hydrogens (tertiary/aromatic N) is 4. The first-order chi connectivity index (χ1) is 13.4. The van der Waals surface area contributed by atoms with Gasteiger partial charge in [0.05, 0.1) is 25.8 Å². The minimum atomic E-state index is -4.54. The Morgan fingerprint density at radius 3 is 2.55 bits per heavy atom. The van der Waals surface area contributed by atoms with Crippen LogP contribution in [-0.2, 0) is 16.1 Å². The molecule has 2 aliphatic heterocycles. The van der Waals surface area contributed by atoms with Crippen LogP contribution in [0.25, 0.3) is 0 Å². The van der Waals surface area contributed by atoms with Crippen molar-refractivity contribution in [3.63, 3.8) is 0 Å². The number of aromatic nitrogens is 2. The first-order valence-corrected chi connectivity index (χ1v) is 9.72. The lowest BCUT2D eigenvalue weighted by atomic mass is 9.90. The van der Waals surface area contributed by atoms with Crippen LogP contribution >= 0.6 is 0 Å². The van der Waals surface area contributed by atoms with E-state index in [1.165, 1.54) is 10.6 Å². The molecule has 1 fully saturated rings. The average molecular weight is 416 g/mol. The zero-order valence-electron chi connectivity index (χ0n) is 17.1. The molecule has 0 bridgehead atoms. The van der Waals surface area contributed by atoms with Gasteiger partial charge in [0.1, 0.15) is 11.9 Å². The first kappa shape index (κ1) is 21.6. The number of ether oxygens (including phenoxy) is 1. The Hall–Kier alpha value is -2.10. The van der Waals surface area contributed by atoms with Crippen molar-refractivity contribution in [2.75, 3.05) is 36.1 Å². The third-order valence-corrected chi connectivity index (χ3v) is 5.42. The Kier molecular flexibility index (Phi) is 5.68. The predicted molar refractivity (Wildman–Crippen MR) is 102 cm³/mol. The molecule has 0 N–H and O–H groups in total. The minimum absolute atomic E-state index is 0.0645. The highest BCUT2D eigenvalue weighted by Gasteiger charge is 2.48. The van der Waals surface area contributed by atoms with Crippen LogP contribution in [0.5, 0.6) is 0 Å². The number of hydrogen-bond acceptors (Lipinski definition) is 6. The average Bonchev–Trinajstić information content (AvgIpc) is 2.60. The number of morpholine rings is 1. The molecule has 0 aliphatic carbocycles. The van der Waals surface area contributed by atoms with E-state index in [2.05, 4.69) is 4.98 Å². The van der Waals surface area contributed by atoms with Gasteiger partial charge in [-0.3, -0.25) is 14.2 Å². The van der Waals surface area contributed by atoms with Crippen molar-refractivity contribution in [2.45, 2.75) is 58.9 Å². The highest BCUT2D eigenvalue weighted by molar-refractivity contribution is 5.87. The Balaban J connectivity index is 2.07. The maximum Gasteiger partial charge on any atom is 0.408 e. The number of ketones is 1. The molecule has 1 aromatic heterocycles. The maximum absolute atomic E-state index is 13.8. The SMILES string of the molecule is C[C@@H]1COCCN1c1cc(=O)n2c(n1)N(CC(=O)C(C)(C)C)[C@H](C(F)(F)F)CC2. The third kappa shape index (κ3) is 4.41. The van der Waals surface area contributed by atoms with Crippen molar-refractivity contribution in [1.29, 1.82) is 0 Å². The number of rotatable bonds is 3. The normalized spacial score (nSPS) is 23.1. The summed E-state index contributed by atoms with van der Waals surface area (Å²) in [5.41, 5.74) is -1.23. The first-order valence-electron chi connectivity index (χ1n) is 9.72. The second kappa shape index (κ2) is 7.62. The number of hydrogen-bond donors (Lipinski definition) is 0. The molecule has 0 aromatic carbocycles. The summed E-state index contributed by atoms with van der Waals surface area (Å²) in [6, 6.07) is -0.577. The number of fused-ring (bicyclic) bond motifs is 1. The van der Waals surface area contributed by atoms with E-state index < -0.39 is 29.7 Å². The molecule has 0 amide bonds. The van der Waals surface area contributed by atoms with Gasteiger partial charge >= 0.3 is 6.18 Å². The van der Waals surface area contributed by atoms with Crippen molar-refractivity contribution in [3.8, 4) is 0 Å². The number of alkyl halides is 3. The lowest BCUT2D eigenvalue weighted by Gasteiger charge is -2.40. The molecule has 3 rings (SSSR count). The second-order valence-electron chi connectivity index (χ2n) is 8.67. The monoisotopic (exact) mass is 416 g/mol. The topological polar surface area (TPSA) is 67.7 Å². The van der Waals surface area contributed by atoms with Gasteiger partial charge in [0.25, 0.3) is 5.56 Å². The van der Waals surface area contributed by atoms with Gasteiger partial charge in [-0.05, 0) is 13.3 Å². The van der Waals surface area contributed by atoms with Crippen molar-refractivity contribution in [2.24, 2.45) is 5.41 Å². The van der Waals surface area contributed by atoms with E-state index in [4.69, 9.17) is 4.74 Å². The molecule has 2 atom stereocenters. The lowest BCUT2D eigenvalue weighted by Crippen LogP contribution is -2.55. The number of carbonyl (C=O) groups is 1. The molecule has 29 heavy (non-hydrogen) atoms. The molecular formula is C19H27F3N4O3. The molecule has 1 saturated heterocycles. The fourth-order valence-electron chi connectivity index (χ4n) is 3.59. The highest BCUT2D eigenvalue weighted by Crippen LogP contribution is 2.35. The Morgan fingerprint density at radius 1 is 1.28 bits per heavy atom. The molecule has 0 unspecified atom stereocenters. The van der Waals surface area contributed by atoms with Crippen LogP contribution in [0.1, 0.15) is 34.1 Å². The minimum Gasteiger partial charge on any atom is -0.377 e.